The molecule has 2 heterocycles. The number of aromatic hydroxyl groups is 1. The lowest BCUT2D eigenvalue weighted by atomic mass is 9.99. The molecule has 1 aliphatic rings. The van der Waals surface area contributed by atoms with Gasteiger partial charge < -0.3 is 14.8 Å². The van der Waals surface area contributed by atoms with Gasteiger partial charge in [-0.05, 0) is 32.2 Å². The maximum atomic E-state index is 11.8. The number of hydrogen-bond acceptors (Lipinski definition) is 4. The number of carboxylic acids is 1. The highest BCUT2D eigenvalue weighted by Gasteiger charge is 2.25. The highest BCUT2D eigenvalue weighted by molar-refractivity contribution is 5.72. The Morgan fingerprint density at radius 3 is 2.74 bits per heavy atom. The molecule has 1 aromatic heterocycles. The summed E-state index contributed by atoms with van der Waals surface area (Å²) in [5.41, 5.74) is 0.198. The van der Waals surface area contributed by atoms with Crippen LogP contribution in [0.3, 0.4) is 0 Å². The molecule has 0 bridgehead atoms. The Hall–Kier alpha value is -1.82. The van der Waals surface area contributed by atoms with Gasteiger partial charge in [0.15, 0.2) is 5.75 Å². The van der Waals surface area contributed by atoms with Crippen LogP contribution in [0.15, 0.2) is 17.1 Å². The Morgan fingerprint density at radius 1 is 1.39 bits per heavy atom. The molecule has 0 aromatic carbocycles. The Balaban J connectivity index is 2.37. The molecule has 2 N–H and O–H groups in total. The zero-order valence-corrected chi connectivity index (χ0v) is 13.9. The number of aliphatic carboxylic acids is 1. The van der Waals surface area contributed by atoms with Crippen LogP contribution in [-0.2, 0) is 11.3 Å². The van der Waals surface area contributed by atoms with Crippen LogP contribution in [0.1, 0.15) is 57.7 Å². The van der Waals surface area contributed by atoms with E-state index >= 15 is 0 Å². The maximum Gasteiger partial charge on any atom is 0.326 e. The number of carboxylic acid groups (broad SMARTS) is 1. The molecule has 0 radical (unpaired) electrons. The summed E-state index contributed by atoms with van der Waals surface area (Å²) in [4.78, 5) is 25.7. The summed E-state index contributed by atoms with van der Waals surface area (Å²) in [6, 6.07) is 1.06. The average Bonchev–Trinajstić information content (AvgIpc) is 2.52. The van der Waals surface area contributed by atoms with Gasteiger partial charge in [-0.2, -0.15) is 0 Å². The molecule has 1 aromatic rings. The first-order chi connectivity index (χ1) is 11.0. The van der Waals surface area contributed by atoms with Gasteiger partial charge in [0, 0.05) is 24.3 Å². The molecule has 2 unspecified atom stereocenters. The molecule has 128 valence electrons. The number of pyridine rings is 1. The fourth-order valence-corrected chi connectivity index (χ4v) is 3.42. The zero-order valence-electron chi connectivity index (χ0n) is 13.9. The van der Waals surface area contributed by atoms with Gasteiger partial charge in [-0.25, -0.2) is 4.79 Å². The summed E-state index contributed by atoms with van der Waals surface area (Å²) in [7, 11) is 0. The van der Waals surface area contributed by atoms with E-state index in [2.05, 4.69) is 11.8 Å². The van der Waals surface area contributed by atoms with E-state index in [1.165, 1.54) is 18.7 Å². The Labute approximate surface area is 136 Å². The third-order valence-corrected chi connectivity index (χ3v) is 4.74. The minimum atomic E-state index is -0.956. The lowest BCUT2D eigenvalue weighted by Crippen LogP contribution is -2.39. The number of aromatic nitrogens is 1. The van der Waals surface area contributed by atoms with Crippen LogP contribution in [0, 0.1) is 0 Å². The van der Waals surface area contributed by atoms with E-state index in [-0.39, 0.29) is 0 Å². The van der Waals surface area contributed by atoms with E-state index in [4.69, 9.17) is 0 Å². The van der Waals surface area contributed by atoms with Crippen LogP contribution < -0.4 is 5.43 Å². The summed E-state index contributed by atoms with van der Waals surface area (Å²) < 4.78 is 1.54. The van der Waals surface area contributed by atoms with Crippen molar-refractivity contribution in [1.82, 2.24) is 9.47 Å². The minimum Gasteiger partial charge on any atom is -0.503 e. The van der Waals surface area contributed by atoms with Gasteiger partial charge in [-0.15, -0.1) is 0 Å². The van der Waals surface area contributed by atoms with Crippen LogP contribution in [0.25, 0.3) is 0 Å². The van der Waals surface area contributed by atoms with Gasteiger partial charge in [-0.1, -0.05) is 20.3 Å². The topological polar surface area (TPSA) is 82.8 Å². The average molecular weight is 322 g/mol. The van der Waals surface area contributed by atoms with Gasteiger partial charge in [0.05, 0.1) is 6.20 Å². The zero-order chi connectivity index (χ0) is 17.0. The highest BCUT2D eigenvalue weighted by Crippen LogP contribution is 2.24. The molecule has 6 heteroatoms. The lowest BCUT2D eigenvalue weighted by Gasteiger charge is -2.36. The first kappa shape index (κ1) is 17.5. The lowest BCUT2D eigenvalue weighted by molar-refractivity contribution is -0.141. The summed E-state index contributed by atoms with van der Waals surface area (Å²) in [5, 5.41) is 19.1. The Bertz CT molecular complexity index is 611. The molecule has 1 fully saturated rings. The van der Waals surface area contributed by atoms with E-state index in [0.717, 1.165) is 25.8 Å². The second kappa shape index (κ2) is 7.64. The van der Waals surface area contributed by atoms with Crippen molar-refractivity contribution in [3.63, 3.8) is 0 Å². The Morgan fingerprint density at radius 2 is 2.13 bits per heavy atom. The van der Waals surface area contributed by atoms with Crippen LogP contribution >= 0.6 is 0 Å². The Kier molecular flexibility index (Phi) is 5.82. The standard InChI is InChI=1S/C17H26N2O4/c1-3-12-7-5-6-8-18(12)10-13-9-15(20)16(21)11-19(13)14(4-2)17(22)23/h9,11-12,14,21H,3-8,10H2,1-2H3,(H,22,23). The van der Waals surface area contributed by atoms with Gasteiger partial charge >= 0.3 is 5.97 Å². The normalized spacial score (nSPS) is 20.3. The molecule has 2 rings (SSSR count). The second-order valence-electron chi connectivity index (χ2n) is 6.21. The predicted octanol–water partition coefficient (Wildman–Crippen LogP) is 2.35. The van der Waals surface area contributed by atoms with Crippen molar-refractivity contribution in [2.75, 3.05) is 6.54 Å². The molecule has 0 spiro atoms. The van der Waals surface area contributed by atoms with Crippen LogP contribution in [-0.4, -0.2) is 38.2 Å². The van der Waals surface area contributed by atoms with Crippen molar-refractivity contribution in [1.29, 1.82) is 0 Å². The van der Waals surface area contributed by atoms with Crippen molar-refractivity contribution < 1.29 is 15.0 Å². The van der Waals surface area contributed by atoms with Crippen molar-refractivity contribution in [2.24, 2.45) is 0 Å². The number of rotatable bonds is 6. The minimum absolute atomic E-state index is 0.391. The van der Waals surface area contributed by atoms with Crippen molar-refractivity contribution in [3.05, 3.63) is 28.2 Å². The SMILES string of the molecule is CCC1CCCCN1Cc1cc(=O)c(O)cn1C(CC)C(=O)O. The molecule has 2 atom stereocenters. The van der Waals surface area contributed by atoms with Crippen LogP contribution in [0.2, 0.25) is 0 Å². The van der Waals surface area contributed by atoms with Gasteiger partial charge in [-0.3, -0.25) is 9.69 Å². The third kappa shape index (κ3) is 3.93. The van der Waals surface area contributed by atoms with Crippen LogP contribution in [0.4, 0.5) is 0 Å². The number of hydrogen-bond donors (Lipinski definition) is 2. The van der Waals surface area contributed by atoms with Crippen molar-refractivity contribution in [3.8, 4) is 5.75 Å². The third-order valence-electron chi connectivity index (χ3n) is 4.74. The van der Waals surface area contributed by atoms with Gasteiger partial charge in [0.1, 0.15) is 6.04 Å². The van der Waals surface area contributed by atoms with Gasteiger partial charge in [0.2, 0.25) is 5.43 Å². The smallest absolute Gasteiger partial charge is 0.326 e. The van der Waals surface area contributed by atoms with Crippen molar-refractivity contribution >= 4 is 5.97 Å². The molecule has 6 nitrogen and oxygen atoms in total. The highest BCUT2D eigenvalue weighted by atomic mass is 16.4. The number of likely N-dealkylation sites (tertiary alicyclic amines) is 1. The molecule has 1 saturated heterocycles. The molecular weight excluding hydrogens is 296 g/mol. The van der Waals surface area contributed by atoms with Crippen LogP contribution in [0.5, 0.6) is 5.75 Å². The molecule has 0 aliphatic carbocycles. The molecular formula is C17H26N2O4. The number of carbonyl (C=O) groups is 1. The molecule has 23 heavy (non-hydrogen) atoms. The fourth-order valence-electron chi connectivity index (χ4n) is 3.42. The second-order valence-corrected chi connectivity index (χ2v) is 6.21. The number of piperidine rings is 1. The predicted molar refractivity (Wildman–Crippen MR) is 87.7 cm³/mol. The quantitative estimate of drug-likeness (QED) is 0.840. The summed E-state index contributed by atoms with van der Waals surface area (Å²) in [6.45, 7) is 5.43. The van der Waals surface area contributed by atoms with E-state index in [0.29, 0.717) is 24.7 Å². The summed E-state index contributed by atoms with van der Waals surface area (Å²) in [5.74, 6) is -1.36. The van der Waals surface area contributed by atoms with Crippen molar-refractivity contribution in [2.45, 2.75) is 64.6 Å². The van der Waals surface area contributed by atoms with E-state index in [9.17, 15) is 19.8 Å². The van der Waals surface area contributed by atoms with Gasteiger partial charge in [0.25, 0.3) is 0 Å². The largest absolute Gasteiger partial charge is 0.503 e. The summed E-state index contributed by atoms with van der Waals surface area (Å²) >= 11 is 0. The molecule has 0 amide bonds. The first-order valence-corrected chi connectivity index (χ1v) is 8.38. The molecule has 0 saturated carbocycles. The first-order valence-electron chi connectivity index (χ1n) is 8.38. The fraction of sp³-hybridized carbons (Fsp3) is 0.647. The monoisotopic (exact) mass is 322 g/mol. The number of nitrogens with zero attached hydrogens (tertiary/aromatic N) is 2. The maximum absolute atomic E-state index is 11.8. The molecule has 1 aliphatic heterocycles. The van der Waals surface area contributed by atoms with E-state index in [1.54, 1.807) is 11.5 Å². The van der Waals surface area contributed by atoms with E-state index < -0.39 is 23.2 Å². The van der Waals surface area contributed by atoms with E-state index in [1.807, 2.05) is 0 Å². The summed E-state index contributed by atoms with van der Waals surface area (Å²) in [6.07, 6.45) is 6.17.